The van der Waals surface area contributed by atoms with Crippen LogP contribution in [0.2, 0.25) is 0 Å². The fourth-order valence-electron chi connectivity index (χ4n) is 0.336. The van der Waals surface area contributed by atoms with Crippen molar-refractivity contribution in [3.05, 3.63) is 0 Å². The molecule has 0 aliphatic heterocycles. The summed E-state index contributed by atoms with van der Waals surface area (Å²) in [7, 11) is 2.00. The molecule has 0 aromatic carbocycles. The zero-order valence-corrected chi connectivity index (χ0v) is 11.5. The van der Waals surface area contributed by atoms with E-state index in [1.54, 1.807) is 0 Å². The maximum absolute atomic E-state index is 10.6. The zero-order valence-electron chi connectivity index (χ0n) is 11.5. The number of hydrogen-bond acceptors (Lipinski definition) is 6. The third kappa shape index (κ3) is 8.59. The lowest BCUT2D eigenvalue weighted by Gasteiger charge is -2.16. The maximum atomic E-state index is 10.6. The highest BCUT2D eigenvalue weighted by molar-refractivity contribution is 5.79. The number of hydrogen-bond donors (Lipinski definition) is 4. The quantitative estimate of drug-likeness (QED) is 0.542. The Balaban J connectivity index is -0.000000506. The van der Waals surface area contributed by atoms with Gasteiger partial charge in [0.05, 0.1) is 0 Å². The first-order chi connectivity index (χ1) is 8.09. The molecular weight excluding hydrogens is 244 g/mol. The molecule has 0 bridgehead atoms. The van der Waals surface area contributed by atoms with Gasteiger partial charge in [-0.25, -0.2) is 9.59 Å². The topological polar surface area (TPSA) is 140 Å². The van der Waals surface area contributed by atoms with Gasteiger partial charge in [0.2, 0.25) is 0 Å². The van der Waals surface area contributed by atoms with Crippen LogP contribution in [0.4, 0.5) is 0 Å². The molecule has 0 heterocycles. The second-order valence-corrected chi connectivity index (χ2v) is 3.93. The van der Waals surface area contributed by atoms with Crippen molar-refractivity contribution >= 4 is 11.9 Å². The summed E-state index contributed by atoms with van der Waals surface area (Å²) < 4.78 is 0. The fourth-order valence-corrected chi connectivity index (χ4v) is 0.336. The number of nitrogens with zero attached hydrogens (tertiary/aromatic N) is 2. The first-order valence-corrected chi connectivity index (χ1v) is 4.90. The van der Waals surface area contributed by atoms with E-state index in [1.165, 1.54) is 27.7 Å². The summed E-state index contributed by atoms with van der Waals surface area (Å²) in [5.41, 5.74) is -2.79. The Bertz CT molecular complexity index is 258. The SMILES string of the molecule is CC(C)(N=NC(C)(C)C(=O)O)C(=O)O.CO.CO. The monoisotopic (exact) mass is 266 g/mol. The first-order valence-electron chi connectivity index (χ1n) is 4.90. The van der Waals surface area contributed by atoms with Crippen molar-refractivity contribution in [1.29, 1.82) is 0 Å². The van der Waals surface area contributed by atoms with Gasteiger partial charge in [0.25, 0.3) is 0 Å². The molecule has 0 fully saturated rings. The lowest BCUT2D eigenvalue weighted by Crippen LogP contribution is -2.32. The van der Waals surface area contributed by atoms with Crippen molar-refractivity contribution < 1.29 is 30.0 Å². The maximum Gasteiger partial charge on any atom is 0.332 e. The molecule has 0 radical (unpaired) electrons. The van der Waals surface area contributed by atoms with Gasteiger partial charge in [0, 0.05) is 14.2 Å². The molecule has 0 amide bonds. The van der Waals surface area contributed by atoms with Crippen LogP contribution in [0.25, 0.3) is 0 Å². The lowest BCUT2D eigenvalue weighted by molar-refractivity contribution is -0.144. The van der Waals surface area contributed by atoms with Gasteiger partial charge in [-0.3, -0.25) is 0 Å². The van der Waals surface area contributed by atoms with E-state index in [4.69, 9.17) is 20.4 Å². The van der Waals surface area contributed by atoms with Crippen molar-refractivity contribution in [3.8, 4) is 0 Å². The van der Waals surface area contributed by atoms with Crippen LogP contribution in [0, 0.1) is 0 Å². The normalized spacial score (nSPS) is 10.9. The molecule has 0 saturated carbocycles. The average molecular weight is 266 g/mol. The Morgan fingerprint density at radius 1 is 0.722 bits per heavy atom. The molecule has 108 valence electrons. The highest BCUT2D eigenvalue weighted by Gasteiger charge is 2.31. The van der Waals surface area contributed by atoms with Gasteiger partial charge in [0.1, 0.15) is 0 Å². The van der Waals surface area contributed by atoms with Gasteiger partial charge in [-0.2, -0.15) is 10.2 Å². The van der Waals surface area contributed by atoms with E-state index in [2.05, 4.69) is 10.2 Å². The van der Waals surface area contributed by atoms with Crippen LogP contribution < -0.4 is 0 Å². The van der Waals surface area contributed by atoms with Crippen LogP contribution in [0.15, 0.2) is 10.2 Å². The molecule has 0 saturated heterocycles. The van der Waals surface area contributed by atoms with Crippen LogP contribution in [0.3, 0.4) is 0 Å². The van der Waals surface area contributed by atoms with Crippen LogP contribution in [0.1, 0.15) is 27.7 Å². The molecule has 0 spiro atoms. The van der Waals surface area contributed by atoms with Gasteiger partial charge in [0.15, 0.2) is 11.1 Å². The molecule has 0 aliphatic rings. The Labute approximate surface area is 106 Å². The Morgan fingerprint density at radius 2 is 0.889 bits per heavy atom. The van der Waals surface area contributed by atoms with E-state index in [1.807, 2.05) is 0 Å². The molecule has 0 rings (SSSR count). The molecule has 18 heavy (non-hydrogen) atoms. The van der Waals surface area contributed by atoms with Crippen LogP contribution >= 0.6 is 0 Å². The molecule has 0 atom stereocenters. The lowest BCUT2D eigenvalue weighted by atomic mass is 10.1. The van der Waals surface area contributed by atoms with Crippen molar-refractivity contribution in [2.45, 2.75) is 38.8 Å². The number of carbonyl (C=O) groups is 2. The summed E-state index contributed by atoms with van der Waals surface area (Å²) in [4.78, 5) is 21.2. The van der Waals surface area contributed by atoms with E-state index in [0.717, 1.165) is 14.2 Å². The van der Waals surface area contributed by atoms with Crippen molar-refractivity contribution in [2.75, 3.05) is 14.2 Å². The van der Waals surface area contributed by atoms with Gasteiger partial charge >= 0.3 is 11.9 Å². The molecule has 0 aliphatic carbocycles. The van der Waals surface area contributed by atoms with Gasteiger partial charge < -0.3 is 20.4 Å². The first kappa shape index (κ1) is 21.7. The van der Waals surface area contributed by atoms with E-state index in [0.29, 0.717) is 0 Å². The zero-order chi connectivity index (χ0) is 15.6. The minimum absolute atomic E-state index is 1.00. The minimum atomic E-state index is -1.40. The highest BCUT2D eigenvalue weighted by atomic mass is 16.4. The number of carboxylic acid groups (broad SMARTS) is 2. The van der Waals surface area contributed by atoms with Crippen LogP contribution in [0.5, 0.6) is 0 Å². The molecule has 0 unspecified atom stereocenters. The second-order valence-electron chi connectivity index (χ2n) is 3.93. The summed E-state index contributed by atoms with van der Waals surface area (Å²) in [5.74, 6) is -2.30. The molecule has 8 nitrogen and oxygen atoms in total. The number of aliphatic hydroxyl groups excluding tert-OH is 2. The van der Waals surface area contributed by atoms with Gasteiger partial charge in [-0.05, 0) is 27.7 Å². The van der Waals surface area contributed by atoms with Gasteiger partial charge in [-0.15, -0.1) is 0 Å². The van der Waals surface area contributed by atoms with E-state index in [9.17, 15) is 9.59 Å². The number of aliphatic hydroxyl groups is 2. The van der Waals surface area contributed by atoms with Crippen molar-refractivity contribution in [3.63, 3.8) is 0 Å². The Morgan fingerprint density at radius 3 is 1.00 bits per heavy atom. The average Bonchev–Trinajstić information content (AvgIpc) is 2.31. The molecular formula is C10H22N2O6. The van der Waals surface area contributed by atoms with E-state index >= 15 is 0 Å². The number of carboxylic acids is 2. The predicted molar refractivity (Wildman–Crippen MR) is 64.6 cm³/mol. The third-order valence-electron chi connectivity index (χ3n) is 1.60. The Hall–Kier alpha value is -1.54. The number of rotatable bonds is 4. The largest absolute Gasteiger partial charge is 0.479 e. The summed E-state index contributed by atoms with van der Waals surface area (Å²) >= 11 is 0. The number of azo groups is 1. The minimum Gasteiger partial charge on any atom is -0.479 e. The standard InChI is InChI=1S/C8H14N2O4.2CH4O/c1-7(2,5(11)12)9-10-8(3,4)6(13)14;2*1-2/h1-4H3,(H,11,12)(H,13,14);2*2H,1H3. The highest BCUT2D eigenvalue weighted by Crippen LogP contribution is 2.15. The smallest absolute Gasteiger partial charge is 0.332 e. The van der Waals surface area contributed by atoms with E-state index in [-0.39, 0.29) is 0 Å². The van der Waals surface area contributed by atoms with Crippen LogP contribution in [-0.4, -0.2) is 57.7 Å². The predicted octanol–water partition coefficient (Wildman–Crippen LogP) is 0.382. The fraction of sp³-hybridized carbons (Fsp3) is 0.800. The summed E-state index contributed by atoms with van der Waals surface area (Å²) in [6.07, 6.45) is 0. The molecule has 4 N–H and O–H groups in total. The summed E-state index contributed by atoms with van der Waals surface area (Å²) in [5, 5.41) is 38.3. The van der Waals surface area contributed by atoms with Gasteiger partial charge in [-0.1, -0.05) is 0 Å². The van der Waals surface area contributed by atoms with E-state index < -0.39 is 23.0 Å². The molecule has 0 aromatic rings. The summed E-state index contributed by atoms with van der Waals surface area (Å²) in [6.45, 7) is 5.38. The van der Waals surface area contributed by atoms with Crippen molar-refractivity contribution in [2.24, 2.45) is 10.2 Å². The summed E-state index contributed by atoms with van der Waals surface area (Å²) in [6, 6.07) is 0. The number of aliphatic carboxylic acids is 2. The van der Waals surface area contributed by atoms with Crippen molar-refractivity contribution in [1.82, 2.24) is 0 Å². The third-order valence-corrected chi connectivity index (χ3v) is 1.60. The Kier molecular flexibility index (Phi) is 11.4. The molecule has 0 aromatic heterocycles. The second kappa shape index (κ2) is 9.49. The molecule has 8 heteroatoms. The van der Waals surface area contributed by atoms with Crippen LogP contribution in [-0.2, 0) is 9.59 Å².